The standard InChI is InChI=1S/C31H25NPS.C5H8O2.Ir/c1-30(2)22-11-5-7-13-25(22)33(34)26-14-8-6-12-23(26)31(3,4)27-20-16-15-19-10-9-17-32-28(19)21(20)18-24(30)29(27)33;1-4(6)3-5(2)7;/h5-17H,1-4H3;3,6H,1-2H3;/q-1;;/b;4-3-;. The fraction of sp³-hybridized carbons (Fsp3) is 0.222. The summed E-state index contributed by atoms with van der Waals surface area (Å²) in [5.74, 6) is -0.0625. The summed E-state index contributed by atoms with van der Waals surface area (Å²) in [5.41, 5.74) is 6.00. The Bertz CT molecular complexity index is 1970. The number of pyridine rings is 1. The fourth-order valence-electron chi connectivity index (χ4n) is 6.80. The molecule has 5 aromatic rings. The first-order chi connectivity index (χ1) is 19.4. The molecule has 0 fully saturated rings. The number of aromatic nitrogens is 1. The quantitative estimate of drug-likeness (QED) is 0.0643. The van der Waals surface area contributed by atoms with E-state index in [0.717, 1.165) is 16.3 Å². The Morgan fingerprint density at radius 3 is 2.05 bits per heavy atom. The van der Waals surface area contributed by atoms with Crippen LogP contribution in [0.15, 0.2) is 90.8 Å². The van der Waals surface area contributed by atoms with E-state index >= 15 is 0 Å². The summed E-state index contributed by atoms with van der Waals surface area (Å²) in [6.45, 7) is 12.3. The first kappa shape index (κ1) is 30.5. The van der Waals surface area contributed by atoms with Crippen molar-refractivity contribution in [1.29, 1.82) is 0 Å². The molecule has 3 nitrogen and oxygen atoms in total. The molecule has 6 heteroatoms. The van der Waals surface area contributed by atoms with Crippen LogP contribution in [-0.2, 0) is 47.5 Å². The molecule has 1 radical (unpaired) electrons. The maximum absolute atomic E-state index is 10.0. The Morgan fingerprint density at radius 2 is 1.48 bits per heavy atom. The van der Waals surface area contributed by atoms with Gasteiger partial charge < -0.3 is 10.1 Å². The van der Waals surface area contributed by atoms with Gasteiger partial charge in [-0.2, -0.15) is 0 Å². The Kier molecular flexibility index (Phi) is 7.74. The molecule has 0 amide bonds. The topological polar surface area (TPSA) is 50.2 Å². The van der Waals surface area contributed by atoms with Crippen LogP contribution < -0.4 is 15.9 Å². The van der Waals surface area contributed by atoms with Crippen molar-refractivity contribution >= 4 is 61.2 Å². The molecular formula is C36H33IrNO2PS-. The summed E-state index contributed by atoms with van der Waals surface area (Å²) in [4.78, 5) is 14.8. The summed E-state index contributed by atoms with van der Waals surface area (Å²) < 4.78 is 0. The van der Waals surface area contributed by atoms with Crippen LogP contribution in [0.1, 0.15) is 63.8 Å². The van der Waals surface area contributed by atoms with E-state index in [-0.39, 0.29) is 42.5 Å². The second-order valence-electron chi connectivity index (χ2n) is 12.1. The predicted molar refractivity (Wildman–Crippen MR) is 175 cm³/mol. The van der Waals surface area contributed by atoms with E-state index < -0.39 is 6.04 Å². The van der Waals surface area contributed by atoms with Crippen molar-refractivity contribution in [1.82, 2.24) is 4.98 Å². The molecule has 42 heavy (non-hydrogen) atoms. The number of carbonyl (C=O) groups is 1. The molecule has 2 aliphatic rings. The third-order valence-corrected chi connectivity index (χ3v) is 13.5. The first-order valence-corrected chi connectivity index (χ1v) is 16.7. The normalized spacial score (nSPS) is 19.0. The van der Waals surface area contributed by atoms with Crippen molar-refractivity contribution in [2.75, 3.05) is 0 Å². The van der Waals surface area contributed by atoms with Gasteiger partial charge in [0.15, 0.2) is 5.78 Å². The summed E-state index contributed by atoms with van der Waals surface area (Å²) in [6.07, 6.45) is 3.06. The molecule has 4 aromatic carbocycles. The van der Waals surface area contributed by atoms with Crippen LogP contribution in [0.4, 0.5) is 0 Å². The number of hydrogen-bond acceptors (Lipinski definition) is 4. The third kappa shape index (κ3) is 4.37. The average Bonchev–Trinajstić information content (AvgIpc) is 2.94. The number of aliphatic hydroxyl groups is 1. The second kappa shape index (κ2) is 10.6. The molecule has 0 saturated carbocycles. The van der Waals surface area contributed by atoms with Crippen LogP contribution in [0, 0.1) is 6.07 Å². The summed E-state index contributed by atoms with van der Waals surface area (Å²) in [5, 5.41) is 15.9. The zero-order chi connectivity index (χ0) is 29.3. The van der Waals surface area contributed by atoms with Crippen molar-refractivity contribution in [2.24, 2.45) is 0 Å². The number of rotatable bonds is 1. The number of hydrogen-bond donors (Lipinski definition) is 1. The number of nitrogens with zero attached hydrogens (tertiary/aromatic N) is 1. The van der Waals surface area contributed by atoms with Crippen molar-refractivity contribution < 1.29 is 30.0 Å². The van der Waals surface area contributed by atoms with Gasteiger partial charge in [-0.1, -0.05) is 112 Å². The molecular weight excluding hydrogens is 734 g/mol. The number of ketones is 1. The van der Waals surface area contributed by atoms with Crippen LogP contribution in [0.25, 0.3) is 21.7 Å². The molecule has 0 aliphatic carbocycles. The smallest absolute Gasteiger partial charge is 0.155 e. The SMILES string of the molecule is CC(=O)/C=C(/C)O.CC1(C)c2[c-]c3c(ccc4cccnc43)c3c2P(=S)(c2ccccc21)c1ccccc1C3(C)C.[Ir]. The van der Waals surface area contributed by atoms with Crippen molar-refractivity contribution in [3.8, 4) is 0 Å². The van der Waals surface area contributed by atoms with Crippen molar-refractivity contribution in [3.63, 3.8) is 0 Å². The van der Waals surface area contributed by atoms with E-state index in [4.69, 9.17) is 21.9 Å². The molecule has 7 rings (SSSR count). The Morgan fingerprint density at radius 1 is 0.881 bits per heavy atom. The number of fused-ring (bicyclic) bond motifs is 8. The minimum absolute atomic E-state index is 0. The minimum Gasteiger partial charge on any atom is -0.512 e. The fourth-order valence-corrected chi connectivity index (χ4v) is 12.4. The molecule has 0 saturated heterocycles. The Labute approximate surface area is 266 Å². The summed E-state index contributed by atoms with van der Waals surface area (Å²) in [7, 11) is 0. The Hall–Kier alpha value is -2.94. The Balaban J connectivity index is 0.000000396. The largest absolute Gasteiger partial charge is 0.512 e. The molecule has 0 spiro atoms. The van der Waals surface area contributed by atoms with Gasteiger partial charge in [-0.15, -0.1) is 28.0 Å². The molecule has 2 aliphatic heterocycles. The van der Waals surface area contributed by atoms with Gasteiger partial charge in [0, 0.05) is 38.4 Å². The molecule has 1 atom stereocenters. The monoisotopic (exact) mass is 767 g/mol. The van der Waals surface area contributed by atoms with E-state index in [2.05, 4.69) is 100 Å². The second-order valence-corrected chi connectivity index (χ2v) is 16.3. The zero-order valence-electron chi connectivity index (χ0n) is 24.6. The molecule has 1 N–H and O–H groups in total. The average molecular weight is 767 g/mol. The summed E-state index contributed by atoms with van der Waals surface area (Å²) in [6, 6.07) is 28.2. The van der Waals surface area contributed by atoms with Gasteiger partial charge in [0.2, 0.25) is 0 Å². The molecule has 1 aromatic heterocycles. The summed E-state index contributed by atoms with van der Waals surface area (Å²) >= 11 is 6.90. The van der Waals surface area contributed by atoms with Crippen LogP contribution in [0.3, 0.4) is 0 Å². The van der Waals surface area contributed by atoms with Gasteiger partial charge in [-0.25, -0.2) is 0 Å². The predicted octanol–water partition coefficient (Wildman–Crippen LogP) is 7.26. The van der Waals surface area contributed by atoms with E-state index in [1.807, 2.05) is 12.3 Å². The van der Waals surface area contributed by atoms with Gasteiger partial charge in [0.25, 0.3) is 0 Å². The van der Waals surface area contributed by atoms with E-state index in [0.29, 0.717) is 0 Å². The van der Waals surface area contributed by atoms with Crippen molar-refractivity contribution in [3.05, 3.63) is 119 Å². The number of allylic oxidation sites excluding steroid dienone is 2. The van der Waals surface area contributed by atoms with Crippen LogP contribution in [-0.4, -0.2) is 15.9 Å². The molecule has 0 bridgehead atoms. The molecule has 215 valence electrons. The maximum Gasteiger partial charge on any atom is 0.155 e. The van der Waals surface area contributed by atoms with Gasteiger partial charge in [0.1, 0.15) is 0 Å². The van der Waals surface area contributed by atoms with Gasteiger partial charge >= 0.3 is 0 Å². The van der Waals surface area contributed by atoms with Crippen LogP contribution in [0.2, 0.25) is 0 Å². The van der Waals surface area contributed by atoms with Crippen LogP contribution in [0.5, 0.6) is 0 Å². The molecule has 3 heterocycles. The number of carbonyl (C=O) groups excluding carboxylic acids is 1. The number of aliphatic hydroxyl groups excluding tert-OH is 1. The third-order valence-electron chi connectivity index (χ3n) is 8.58. The van der Waals surface area contributed by atoms with E-state index in [1.54, 1.807) is 0 Å². The minimum atomic E-state index is -2.26. The maximum atomic E-state index is 10.0. The van der Waals surface area contributed by atoms with E-state index in [1.165, 1.54) is 63.5 Å². The first-order valence-electron chi connectivity index (χ1n) is 13.9. The van der Waals surface area contributed by atoms with Gasteiger partial charge in [0.05, 0.1) is 5.76 Å². The van der Waals surface area contributed by atoms with Crippen LogP contribution >= 0.6 is 6.04 Å². The van der Waals surface area contributed by atoms with Gasteiger partial charge in [-0.3, -0.25) is 4.79 Å². The zero-order valence-corrected chi connectivity index (χ0v) is 28.7. The number of benzene rings is 4. The van der Waals surface area contributed by atoms with Crippen molar-refractivity contribution in [2.45, 2.75) is 52.4 Å². The van der Waals surface area contributed by atoms with Gasteiger partial charge in [-0.05, 0) is 63.4 Å². The molecule has 1 unspecified atom stereocenters. The van der Waals surface area contributed by atoms with E-state index in [9.17, 15) is 4.79 Å².